The van der Waals surface area contributed by atoms with Gasteiger partial charge in [-0.05, 0) is 69.3 Å². The lowest BCUT2D eigenvalue weighted by atomic mass is 9.87. The minimum absolute atomic E-state index is 0.100. The largest absolute Gasteiger partial charge is 0.496 e. The molecule has 0 aliphatic carbocycles. The average Bonchev–Trinajstić information content (AvgIpc) is 3.01. The Morgan fingerprint density at radius 2 is 1.84 bits per heavy atom. The highest BCUT2D eigenvalue weighted by Crippen LogP contribution is 2.43. The van der Waals surface area contributed by atoms with Gasteiger partial charge in [0.2, 0.25) is 0 Å². The van der Waals surface area contributed by atoms with Gasteiger partial charge in [0.05, 0.1) is 23.2 Å². The molecule has 0 saturated carbocycles. The van der Waals surface area contributed by atoms with Crippen molar-refractivity contribution in [1.82, 2.24) is 0 Å². The summed E-state index contributed by atoms with van der Waals surface area (Å²) in [4.78, 5) is 29.5. The first kappa shape index (κ1) is 21.2. The fourth-order valence-electron chi connectivity index (χ4n) is 4.40. The predicted molar refractivity (Wildman–Crippen MR) is 129 cm³/mol. The molecule has 5 nitrogen and oxygen atoms in total. The van der Waals surface area contributed by atoms with Crippen molar-refractivity contribution in [2.75, 3.05) is 23.5 Å². The van der Waals surface area contributed by atoms with Crippen LogP contribution in [0.25, 0.3) is 11.6 Å². The fourth-order valence-corrected chi connectivity index (χ4v) is 5.23. The van der Waals surface area contributed by atoms with Crippen molar-refractivity contribution in [2.45, 2.75) is 33.2 Å². The van der Waals surface area contributed by atoms with Gasteiger partial charge in [-0.25, -0.2) is 4.90 Å². The van der Waals surface area contributed by atoms with Crippen LogP contribution >= 0.6 is 11.8 Å². The highest BCUT2D eigenvalue weighted by Gasteiger charge is 2.37. The predicted octanol–water partition coefficient (Wildman–Crippen LogP) is 5.96. The van der Waals surface area contributed by atoms with Gasteiger partial charge in [-0.1, -0.05) is 24.3 Å². The van der Waals surface area contributed by atoms with E-state index in [1.807, 2.05) is 30.3 Å². The van der Waals surface area contributed by atoms with Crippen LogP contribution in [0.5, 0.6) is 5.75 Å². The van der Waals surface area contributed by atoms with E-state index in [9.17, 15) is 9.59 Å². The van der Waals surface area contributed by atoms with Crippen LogP contribution in [0, 0.1) is 0 Å². The Morgan fingerprint density at radius 3 is 2.48 bits per heavy atom. The Hall–Kier alpha value is -2.99. The van der Waals surface area contributed by atoms with Gasteiger partial charge in [-0.15, -0.1) is 0 Å². The number of para-hydroxylation sites is 1. The van der Waals surface area contributed by atoms with Crippen molar-refractivity contribution in [3.63, 3.8) is 0 Å². The molecule has 0 spiro atoms. The van der Waals surface area contributed by atoms with E-state index in [4.69, 9.17) is 4.74 Å². The normalized spacial score (nSPS) is 19.0. The van der Waals surface area contributed by atoms with Gasteiger partial charge in [-0.2, -0.15) is 0 Å². The number of rotatable bonds is 4. The average molecular weight is 435 g/mol. The van der Waals surface area contributed by atoms with E-state index < -0.39 is 0 Å². The first-order valence-electron chi connectivity index (χ1n) is 10.3. The maximum absolute atomic E-state index is 13.0. The number of nitrogens with zero attached hydrogens (tertiary/aromatic N) is 2. The van der Waals surface area contributed by atoms with Gasteiger partial charge in [0.15, 0.2) is 0 Å². The summed E-state index contributed by atoms with van der Waals surface area (Å²) in [5.41, 5.74) is 4.65. The third kappa shape index (κ3) is 3.65. The number of hydrogen-bond acceptors (Lipinski definition) is 5. The zero-order valence-electron chi connectivity index (χ0n) is 18.4. The molecule has 6 heteroatoms. The van der Waals surface area contributed by atoms with Crippen molar-refractivity contribution in [2.24, 2.45) is 0 Å². The number of methoxy groups -OCH3 is 1. The molecule has 0 N–H and O–H groups in total. The molecule has 2 amide bonds. The zero-order valence-corrected chi connectivity index (χ0v) is 19.2. The second kappa shape index (κ2) is 7.93. The molecule has 0 unspecified atom stereocenters. The number of carbonyl (C=O) groups excluding carboxylic acids is 2. The number of thioether (sulfide) groups is 1. The second-order valence-corrected chi connectivity index (χ2v) is 9.18. The van der Waals surface area contributed by atoms with E-state index in [-0.39, 0.29) is 16.7 Å². The van der Waals surface area contributed by atoms with Crippen molar-refractivity contribution in [3.05, 3.63) is 64.6 Å². The first-order chi connectivity index (χ1) is 14.8. The van der Waals surface area contributed by atoms with E-state index in [0.717, 1.165) is 35.1 Å². The topological polar surface area (TPSA) is 49.9 Å². The Labute approximate surface area is 187 Å². The molecule has 160 valence electrons. The summed E-state index contributed by atoms with van der Waals surface area (Å²) in [6.45, 7) is 9.50. The Balaban J connectivity index is 1.78. The molecule has 2 heterocycles. The van der Waals surface area contributed by atoms with Gasteiger partial charge >= 0.3 is 0 Å². The summed E-state index contributed by atoms with van der Waals surface area (Å²) in [5, 5.41) is -0.297. The van der Waals surface area contributed by atoms with Gasteiger partial charge in [0, 0.05) is 29.4 Å². The van der Waals surface area contributed by atoms with Crippen molar-refractivity contribution in [3.8, 4) is 5.75 Å². The van der Waals surface area contributed by atoms with E-state index >= 15 is 0 Å². The lowest BCUT2D eigenvalue weighted by molar-refractivity contribution is -0.113. The molecule has 0 atom stereocenters. The summed E-state index contributed by atoms with van der Waals surface area (Å²) in [7, 11) is 1.63. The minimum atomic E-state index is -0.315. The van der Waals surface area contributed by atoms with Crippen molar-refractivity contribution in [1.29, 1.82) is 0 Å². The van der Waals surface area contributed by atoms with Crippen molar-refractivity contribution < 1.29 is 14.3 Å². The Kier molecular flexibility index (Phi) is 5.43. The fraction of sp³-hybridized carbons (Fsp3) is 0.280. The van der Waals surface area contributed by atoms with Gasteiger partial charge < -0.3 is 9.64 Å². The number of ether oxygens (including phenoxy) is 1. The molecular weight excluding hydrogens is 408 g/mol. The number of imide groups is 1. The highest BCUT2D eigenvalue weighted by atomic mass is 32.2. The molecule has 4 rings (SSSR count). The molecule has 31 heavy (non-hydrogen) atoms. The molecule has 0 radical (unpaired) electrons. The molecular formula is C25H26N2O3S. The minimum Gasteiger partial charge on any atom is -0.496 e. The molecule has 2 aromatic carbocycles. The van der Waals surface area contributed by atoms with Crippen LogP contribution in [0.3, 0.4) is 0 Å². The third-order valence-electron chi connectivity index (χ3n) is 5.74. The monoisotopic (exact) mass is 434 g/mol. The van der Waals surface area contributed by atoms with Crippen LogP contribution < -0.4 is 14.5 Å². The molecule has 2 aliphatic rings. The summed E-state index contributed by atoms with van der Waals surface area (Å²) in [6, 6.07) is 13.1. The molecule has 2 aromatic rings. The second-order valence-electron chi connectivity index (χ2n) is 8.19. The van der Waals surface area contributed by atoms with Crippen LogP contribution in [0.15, 0.2) is 53.4 Å². The molecule has 1 saturated heterocycles. The molecule has 0 bridgehead atoms. The number of hydrogen-bond donors (Lipinski definition) is 0. The number of likely N-dealkylation sites (N-methyl/N-ethyl adjacent to an activating group) is 1. The lowest BCUT2D eigenvalue weighted by Gasteiger charge is -2.43. The van der Waals surface area contributed by atoms with E-state index in [1.54, 1.807) is 25.3 Å². The molecule has 0 aromatic heterocycles. The lowest BCUT2D eigenvalue weighted by Crippen LogP contribution is -2.44. The summed E-state index contributed by atoms with van der Waals surface area (Å²) >= 11 is 0.952. The van der Waals surface area contributed by atoms with Crippen LogP contribution in [-0.4, -0.2) is 30.3 Å². The van der Waals surface area contributed by atoms with Crippen LogP contribution in [-0.2, 0) is 4.79 Å². The molecule has 2 aliphatic heterocycles. The standard InChI is InChI=1S/C25H26N2O3S/c1-6-26-20-14-21(30-5)17(12-19(20)16(2)15-25(26,3)4)13-22-23(28)27(24(29)31-22)18-10-8-7-9-11-18/h7-15H,6H2,1-5H3/b22-13+. The quantitative estimate of drug-likeness (QED) is 0.556. The number of fused-ring (bicyclic) bond motifs is 1. The van der Waals surface area contributed by atoms with Crippen LogP contribution in [0.2, 0.25) is 0 Å². The van der Waals surface area contributed by atoms with Gasteiger partial charge in [-0.3, -0.25) is 9.59 Å². The number of allylic oxidation sites excluding steroid dienone is 1. The van der Waals surface area contributed by atoms with Gasteiger partial charge in [0.25, 0.3) is 11.1 Å². The molecule has 1 fully saturated rings. The van der Waals surface area contributed by atoms with Crippen LogP contribution in [0.1, 0.15) is 38.8 Å². The Morgan fingerprint density at radius 1 is 1.13 bits per heavy atom. The summed E-state index contributed by atoms with van der Waals surface area (Å²) < 4.78 is 5.68. The zero-order chi connectivity index (χ0) is 22.3. The van der Waals surface area contributed by atoms with Crippen molar-refractivity contribution >= 4 is 45.9 Å². The van der Waals surface area contributed by atoms with E-state index in [0.29, 0.717) is 16.3 Å². The first-order valence-corrected chi connectivity index (χ1v) is 11.1. The number of benzene rings is 2. The van der Waals surface area contributed by atoms with Crippen LogP contribution in [0.4, 0.5) is 16.2 Å². The number of carbonyl (C=O) groups is 2. The highest BCUT2D eigenvalue weighted by molar-refractivity contribution is 8.19. The van der Waals surface area contributed by atoms with E-state index in [1.165, 1.54) is 10.5 Å². The maximum Gasteiger partial charge on any atom is 0.298 e. The summed E-state index contributed by atoms with van der Waals surface area (Å²) in [6.07, 6.45) is 4.02. The Bertz CT molecular complexity index is 1120. The summed E-state index contributed by atoms with van der Waals surface area (Å²) in [5.74, 6) is 0.360. The third-order valence-corrected chi connectivity index (χ3v) is 6.61. The van der Waals surface area contributed by atoms with E-state index in [2.05, 4.69) is 38.7 Å². The number of anilines is 2. The number of amides is 2. The maximum atomic E-state index is 13.0. The SMILES string of the molecule is CCN1c2cc(OC)c(/C=C3/SC(=O)N(c4ccccc4)C3=O)cc2C(C)=CC1(C)C. The van der Waals surface area contributed by atoms with Gasteiger partial charge in [0.1, 0.15) is 5.75 Å². The smallest absolute Gasteiger partial charge is 0.298 e.